The second-order valence-corrected chi connectivity index (χ2v) is 7.50. The third kappa shape index (κ3) is 5.54. The predicted octanol–water partition coefficient (Wildman–Crippen LogP) is 3.59. The van der Waals surface area contributed by atoms with Gasteiger partial charge in [-0.25, -0.2) is 0 Å². The van der Waals surface area contributed by atoms with Gasteiger partial charge in [0, 0.05) is 31.0 Å². The van der Waals surface area contributed by atoms with Gasteiger partial charge in [-0.1, -0.05) is 37.3 Å². The number of halogens is 2. The molecule has 0 aromatic heterocycles. The fraction of sp³-hybridized carbons (Fsp3) is 0.650. The van der Waals surface area contributed by atoms with Crippen molar-refractivity contribution in [2.45, 2.75) is 38.3 Å². The smallest absolute Gasteiger partial charge is 0.310 e. The Morgan fingerprint density at radius 3 is 2.46 bits per heavy atom. The Hall–Kier alpha value is -0.430. The lowest BCUT2D eigenvalue weighted by atomic mass is 9.71. The van der Waals surface area contributed by atoms with E-state index in [2.05, 4.69) is 30.8 Å². The highest BCUT2D eigenvalue weighted by atomic mass is 79.9. The van der Waals surface area contributed by atoms with Gasteiger partial charge in [0.1, 0.15) is 6.10 Å². The normalized spacial score (nSPS) is 28.0. The largest absolute Gasteiger partial charge is 0.461 e. The van der Waals surface area contributed by atoms with Crippen molar-refractivity contribution in [1.29, 1.82) is 0 Å². The number of hydrogen-bond acceptors (Lipinski definition) is 4. The van der Waals surface area contributed by atoms with E-state index in [1.807, 2.05) is 30.3 Å². The van der Waals surface area contributed by atoms with Crippen LogP contribution in [0.4, 0.5) is 0 Å². The van der Waals surface area contributed by atoms with E-state index < -0.39 is 0 Å². The average Bonchev–Trinajstić information content (AvgIpc) is 2.55. The molecule has 4 nitrogen and oxygen atoms in total. The third-order valence-corrected chi connectivity index (χ3v) is 5.75. The molecule has 1 saturated carbocycles. The molecule has 0 radical (unpaired) electrons. The zero-order chi connectivity index (χ0) is 17.1. The quantitative estimate of drug-likeness (QED) is 0.589. The minimum absolute atomic E-state index is 0. The van der Waals surface area contributed by atoms with E-state index in [0.717, 1.165) is 31.6 Å². The first kappa shape index (κ1) is 23.6. The van der Waals surface area contributed by atoms with Crippen LogP contribution in [0.1, 0.15) is 25.3 Å². The maximum atomic E-state index is 12.5. The first-order chi connectivity index (χ1) is 11.6. The molecular formula is C20H32Br2N2O2. The van der Waals surface area contributed by atoms with Gasteiger partial charge < -0.3 is 14.5 Å². The molecule has 2 aliphatic rings. The van der Waals surface area contributed by atoms with Crippen molar-refractivity contribution in [2.24, 2.45) is 11.8 Å². The van der Waals surface area contributed by atoms with Gasteiger partial charge in [0.2, 0.25) is 0 Å². The van der Waals surface area contributed by atoms with Gasteiger partial charge in [-0.3, -0.25) is 4.79 Å². The molecule has 2 fully saturated rings. The highest BCUT2D eigenvalue weighted by molar-refractivity contribution is 8.93. The summed E-state index contributed by atoms with van der Waals surface area (Å²) in [5.74, 6) is 0.831. The maximum Gasteiger partial charge on any atom is 0.310 e. The van der Waals surface area contributed by atoms with Gasteiger partial charge >= 0.3 is 5.97 Å². The zero-order valence-electron chi connectivity index (χ0n) is 16.0. The van der Waals surface area contributed by atoms with Crippen molar-refractivity contribution >= 4 is 39.9 Å². The van der Waals surface area contributed by atoms with Gasteiger partial charge in [0.05, 0.1) is 6.42 Å². The molecule has 1 heterocycles. The first-order valence-corrected chi connectivity index (χ1v) is 9.20. The van der Waals surface area contributed by atoms with Crippen molar-refractivity contribution in [3.63, 3.8) is 0 Å². The minimum Gasteiger partial charge on any atom is -0.461 e. The highest BCUT2D eigenvalue weighted by Crippen LogP contribution is 2.38. The van der Waals surface area contributed by atoms with Gasteiger partial charge in [-0.15, -0.1) is 34.0 Å². The standard InChI is InChI=1S/C20H30N2O2.2BrH/c1-4-22-13-16-10-11-18(21(2)3)17(14-22)20(16)24-19(23)12-15-8-6-5-7-9-15;;/h5-9,16-18,20H,4,10-14H2,1-3H3;2*1H/t16?,17?,18-,20+;;/m1../s1. The molecule has 2 bridgehead atoms. The Balaban J connectivity index is 0.00000169. The summed E-state index contributed by atoms with van der Waals surface area (Å²) in [7, 11) is 4.30. The summed E-state index contributed by atoms with van der Waals surface area (Å²) in [5, 5.41) is 0. The molecule has 1 aromatic rings. The fourth-order valence-corrected chi connectivity index (χ4v) is 4.50. The molecule has 4 atom stereocenters. The van der Waals surface area contributed by atoms with Gasteiger partial charge in [0.15, 0.2) is 0 Å². The van der Waals surface area contributed by atoms with Crippen LogP contribution in [0.2, 0.25) is 0 Å². The zero-order valence-corrected chi connectivity index (χ0v) is 19.4. The number of carbonyl (C=O) groups excluding carboxylic acids is 1. The van der Waals surface area contributed by atoms with Crippen molar-refractivity contribution < 1.29 is 9.53 Å². The highest BCUT2D eigenvalue weighted by Gasteiger charge is 2.46. The molecular weight excluding hydrogens is 460 g/mol. The number of rotatable bonds is 5. The number of nitrogens with zero attached hydrogens (tertiary/aromatic N) is 2. The molecule has 2 unspecified atom stereocenters. The Bertz CT molecular complexity index is 556. The Kier molecular flexibility index (Phi) is 9.80. The average molecular weight is 492 g/mol. The summed E-state index contributed by atoms with van der Waals surface area (Å²) in [6, 6.07) is 10.4. The van der Waals surface area contributed by atoms with Gasteiger partial charge in [-0.05, 0) is 39.0 Å². The molecule has 1 aliphatic heterocycles. The van der Waals surface area contributed by atoms with Crippen molar-refractivity contribution in [1.82, 2.24) is 9.80 Å². The number of hydrogen-bond donors (Lipinski definition) is 0. The van der Waals surface area contributed by atoms with Crippen LogP contribution in [0.15, 0.2) is 30.3 Å². The molecule has 3 rings (SSSR count). The lowest BCUT2D eigenvalue weighted by Gasteiger charge is -2.51. The van der Waals surface area contributed by atoms with E-state index in [9.17, 15) is 4.79 Å². The number of likely N-dealkylation sites (tertiary alicyclic amines) is 1. The molecule has 1 aliphatic carbocycles. The van der Waals surface area contributed by atoms with Crippen LogP contribution in [-0.4, -0.2) is 61.6 Å². The van der Waals surface area contributed by atoms with Crippen molar-refractivity contribution in [2.75, 3.05) is 33.7 Å². The second kappa shape index (κ2) is 10.8. The van der Waals surface area contributed by atoms with Crippen LogP contribution < -0.4 is 0 Å². The van der Waals surface area contributed by atoms with E-state index in [4.69, 9.17) is 4.74 Å². The Morgan fingerprint density at radius 1 is 1.15 bits per heavy atom. The summed E-state index contributed by atoms with van der Waals surface area (Å²) in [6.45, 7) is 5.41. The molecule has 6 heteroatoms. The van der Waals surface area contributed by atoms with Crippen LogP contribution in [-0.2, 0) is 16.0 Å². The van der Waals surface area contributed by atoms with Crippen LogP contribution in [0.5, 0.6) is 0 Å². The number of fused-ring (bicyclic) bond motifs is 2. The van der Waals surface area contributed by atoms with E-state index in [0.29, 0.717) is 24.3 Å². The predicted molar refractivity (Wildman–Crippen MR) is 116 cm³/mol. The monoisotopic (exact) mass is 490 g/mol. The maximum absolute atomic E-state index is 12.5. The molecule has 26 heavy (non-hydrogen) atoms. The topological polar surface area (TPSA) is 32.8 Å². The van der Waals surface area contributed by atoms with Crippen LogP contribution in [0.3, 0.4) is 0 Å². The number of piperidine rings is 1. The summed E-state index contributed by atoms with van der Waals surface area (Å²) in [5.41, 5.74) is 1.03. The molecule has 1 saturated heterocycles. The molecule has 0 amide bonds. The van der Waals surface area contributed by atoms with E-state index in [1.54, 1.807) is 0 Å². The summed E-state index contributed by atoms with van der Waals surface area (Å²) in [4.78, 5) is 17.3. The molecule has 0 N–H and O–H groups in total. The minimum atomic E-state index is -0.0782. The number of carbonyl (C=O) groups is 1. The summed E-state index contributed by atoms with van der Waals surface area (Å²) < 4.78 is 6.04. The number of ether oxygens (including phenoxy) is 1. The number of esters is 1. The third-order valence-electron chi connectivity index (χ3n) is 5.75. The van der Waals surface area contributed by atoms with Crippen LogP contribution in [0, 0.1) is 11.8 Å². The van der Waals surface area contributed by atoms with E-state index in [1.165, 1.54) is 6.42 Å². The fourth-order valence-electron chi connectivity index (χ4n) is 4.50. The Labute approximate surface area is 178 Å². The van der Waals surface area contributed by atoms with Crippen LogP contribution >= 0.6 is 34.0 Å². The molecule has 1 aromatic carbocycles. The first-order valence-electron chi connectivity index (χ1n) is 9.20. The molecule has 148 valence electrons. The molecule has 0 spiro atoms. The van der Waals surface area contributed by atoms with Gasteiger partial charge in [-0.2, -0.15) is 0 Å². The van der Waals surface area contributed by atoms with Gasteiger partial charge in [0.25, 0.3) is 0 Å². The second-order valence-electron chi connectivity index (χ2n) is 7.50. The van der Waals surface area contributed by atoms with E-state index in [-0.39, 0.29) is 46.0 Å². The number of benzene rings is 1. The van der Waals surface area contributed by atoms with Crippen LogP contribution in [0.25, 0.3) is 0 Å². The lowest BCUT2D eigenvalue weighted by Crippen LogP contribution is -2.60. The van der Waals surface area contributed by atoms with E-state index >= 15 is 0 Å². The summed E-state index contributed by atoms with van der Waals surface area (Å²) in [6.07, 6.45) is 2.82. The van der Waals surface area contributed by atoms with Crippen molar-refractivity contribution in [3.05, 3.63) is 35.9 Å². The SMILES string of the molecule is Br.Br.CCN1CC2CC[C@@H](N(C)C)C(C1)[C@H]2OC(=O)Cc1ccccc1. The summed E-state index contributed by atoms with van der Waals surface area (Å²) >= 11 is 0. The Morgan fingerprint density at radius 2 is 1.85 bits per heavy atom. The van der Waals surface area contributed by atoms with Crippen molar-refractivity contribution in [3.8, 4) is 0 Å². The lowest BCUT2D eigenvalue weighted by molar-refractivity contribution is -0.167.